The highest BCUT2D eigenvalue weighted by atomic mass is 16.5. The van der Waals surface area contributed by atoms with Crippen LogP contribution >= 0.6 is 0 Å². The third-order valence-corrected chi connectivity index (χ3v) is 3.94. The van der Waals surface area contributed by atoms with E-state index in [1.165, 1.54) is 0 Å². The zero-order valence-electron chi connectivity index (χ0n) is 13.3. The summed E-state index contributed by atoms with van der Waals surface area (Å²) in [5.41, 5.74) is 2.21. The molecular weight excluding hydrogens is 280 g/mol. The molecule has 3 heterocycles. The number of hydrogen-bond acceptors (Lipinski definition) is 4. The van der Waals surface area contributed by atoms with Crippen molar-refractivity contribution in [2.45, 2.75) is 45.8 Å². The number of fused-ring (bicyclic) bond motifs is 1. The molecule has 1 atom stereocenters. The van der Waals surface area contributed by atoms with Crippen LogP contribution in [0.3, 0.4) is 0 Å². The lowest BCUT2D eigenvalue weighted by Crippen LogP contribution is -2.32. The van der Waals surface area contributed by atoms with Crippen molar-refractivity contribution in [2.75, 3.05) is 13.2 Å². The van der Waals surface area contributed by atoms with Crippen LogP contribution in [-0.4, -0.2) is 39.9 Å². The highest BCUT2D eigenvalue weighted by Gasteiger charge is 2.19. The highest BCUT2D eigenvalue weighted by molar-refractivity contribution is 6.05. The smallest absolute Gasteiger partial charge is 0.252 e. The third kappa shape index (κ3) is 2.83. The van der Waals surface area contributed by atoms with E-state index in [1.54, 1.807) is 6.20 Å². The van der Waals surface area contributed by atoms with Crippen molar-refractivity contribution in [3.05, 3.63) is 23.5 Å². The molecule has 1 N–H and O–H groups in total. The first kappa shape index (κ1) is 15.0. The summed E-state index contributed by atoms with van der Waals surface area (Å²) < 4.78 is 7.39. The van der Waals surface area contributed by atoms with Gasteiger partial charge >= 0.3 is 0 Å². The summed E-state index contributed by atoms with van der Waals surface area (Å²) in [5, 5.41) is 8.13. The Bertz CT molecular complexity index is 687. The maximum absolute atomic E-state index is 12.5. The monoisotopic (exact) mass is 302 g/mol. The lowest BCUT2D eigenvalue weighted by Gasteiger charge is -2.12. The lowest BCUT2D eigenvalue weighted by atomic mass is 10.1. The number of nitrogens with zero attached hydrogens (tertiary/aromatic N) is 3. The molecule has 2 aromatic rings. The zero-order chi connectivity index (χ0) is 15.7. The number of hydrogen-bond donors (Lipinski definition) is 1. The van der Waals surface area contributed by atoms with Gasteiger partial charge in [0, 0.05) is 24.9 Å². The summed E-state index contributed by atoms with van der Waals surface area (Å²) in [6.07, 6.45) is 3.94. The summed E-state index contributed by atoms with van der Waals surface area (Å²) in [5.74, 6) is -0.0886. The Balaban J connectivity index is 1.87. The van der Waals surface area contributed by atoms with Crippen LogP contribution in [0.15, 0.2) is 12.3 Å². The number of rotatable bonds is 4. The van der Waals surface area contributed by atoms with Crippen molar-refractivity contribution in [3.8, 4) is 0 Å². The first-order valence-corrected chi connectivity index (χ1v) is 7.81. The molecular formula is C16H22N4O2. The van der Waals surface area contributed by atoms with E-state index >= 15 is 0 Å². The van der Waals surface area contributed by atoms with Gasteiger partial charge in [0.1, 0.15) is 0 Å². The minimum atomic E-state index is -0.0886. The molecule has 6 nitrogen and oxygen atoms in total. The molecule has 1 fully saturated rings. The Morgan fingerprint density at radius 3 is 3.05 bits per heavy atom. The van der Waals surface area contributed by atoms with Crippen molar-refractivity contribution >= 4 is 16.9 Å². The molecule has 22 heavy (non-hydrogen) atoms. The van der Waals surface area contributed by atoms with Crippen LogP contribution in [0.5, 0.6) is 0 Å². The van der Waals surface area contributed by atoms with Crippen LogP contribution < -0.4 is 5.32 Å². The van der Waals surface area contributed by atoms with Crippen LogP contribution in [0.25, 0.3) is 11.0 Å². The van der Waals surface area contributed by atoms with E-state index in [2.05, 4.69) is 15.4 Å². The molecule has 0 aromatic carbocycles. The highest BCUT2D eigenvalue weighted by Crippen LogP contribution is 2.21. The molecule has 2 aromatic heterocycles. The zero-order valence-corrected chi connectivity index (χ0v) is 13.3. The van der Waals surface area contributed by atoms with Gasteiger partial charge in [0.2, 0.25) is 0 Å². The van der Waals surface area contributed by atoms with Crippen LogP contribution in [-0.2, 0) is 4.74 Å². The molecule has 0 saturated carbocycles. The van der Waals surface area contributed by atoms with Crippen molar-refractivity contribution in [1.29, 1.82) is 0 Å². The van der Waals surface area contributed by atoms with Gasteiger partial charge in [0.15, 0.2) is 5.65 Å². The number of carbonyl (C=O) groups is 1. The van der Waals surface area contributed by atoms with Gasteiger partial charge in [-0.3, -0.25) is 4.79 Å². The molecule has 0 unspecified atom stereocenters. The van der Waals surface area contributed by atoms with Gasteiger partial charge in [-0.05, 0) is 39.7 Å². The van der Waals surface area contributed by atoms with Crippen molar-refractivity contribution in [3.63, 3.8) is 0 Å². The number of aromatic nitrogens is 3. The first-order valence-electron chi connectivity index (χ1n) is 7.81. The Labute approximate surface area is 129 Å². The topological polar surface area (TPSA) is 69.0 Å². The largest absolute Gasteiger partial charge is 0.376 e. The van der Waals surface area contributed by atoms with Gasteiger partial charge < -0.3 is 10.1 Å². The Kier molecular flexibility index (Phi) is 4.11. The minimum absolute atomic E-state index is 0.0886. The van der Waals surface area contributed by atoms with E-state index in [1.807, 2.05) is 31.5 Å². The maximum Gasteiger partial charge on any atom is 0.252 e. The van der Waals surface area contributed by atoms with Crippen molar-refractivity contribution in [2.24, 2.45) is 0 Å². The molecule has 0 spiro atoms. The lowest BCUT2D eigenvalue weighted by molar-refractivity contribution is 0.0859. The fourth-order valence-electron chi connectivity index (χ4n) is 2.82. The summed E-state index contributed by atoms with van der Waals surface area (Å²) in [4.78, 5) is 17.0. The number of nitrogens with one attached hydrogen (secondary N) is 1. The fraction of sp³-hybridized carbons (Fsp3) is 0.562. The number of pyridine rings is 1. The SMILES string of the molecule is Cc1cc(C(=O)NC[C@@H]2CCCO2)c2cnn(C(C)C)c2n1. The fourth-order valence-corrected chi connectivity index (χ4v) is 2.82. The Morgan fingerprint density at radius 1 is 1.55 bits per heavy atom. The van der Waals surface area contributed by atoms with Crippen molar-refractivity contribution < 1.29 is 9.53 Å². The van der Waals surface area contributed by atoms with E-state index < -0.39 is 0 Å². The average Bonchev–Trinajstić information content (AvgIpc) is 3.12. The summed E-state index contributed by atoms with van der Waals surface area (Å²) in [6, 6.07) is 2.02. The quantitative estimate of drug-likeness (QED) is 0.940. The molecule has 0 aliphatic carbocycles. The molecule has 1 amide bonds. The minimum Gasteiger partial charge on any atom is -0.376 e. The predicted octanol–water partition coefficient (Wildman–Crippen LogP) is 2.23. The van der Waals surface area contributed by atoms with Crippen LogP contribution in [0, 0.1) is 6.92 Å². The third-order valence-electron chi connectivity index (χ3n) is 3.94. The summed E-state index contributed by atoms with van der Waals surface area (Å²) in [7, 11) is 0. The molecule has 1 aliphatic heterocycles. The Hall–Kier alpha value is -1.95. The van der Waals surface area contributed by atoms with E-state index in [9.17, 15) is 4.79 Å². The van der Waals surface area contributed by atoms with Crippen LogP contribution in [0.1, 0.15) is 48.8 Å². The van der Waals surface area contributed by atoms with E-state index in [-0.39, 0.29) is 18.1 Å². The van der Waals surface area contributed by atoms with Gasteiger partial charge in [0.05, 0.1) is 23.3 Å². The summed E-state index contributed by atoms with van der Waals surface area (Å²) in [6.45, 7) is 7.34. The van der Waals surface area contributed by atoms with Crippen LogP contribution in [0.4, 0.5) is 0 Å². The van der Waals surface area contributed by atoms with Gasteiger partial charge in [-0.1, -0.05) is 0 Å². The number of ether oxygens (including phenoxy) is 1. The molecule has 3 rings (SSSR count). The number of amides is 1. The Morgan fingerprint density at radius 2 is 2.36 bits per heavy atom. The molecule has 118 valence electrons. The van der Waals surface area contributed by atoms with Crippen molar-refractivity contribution in [1.82, 2.24) is 20.1 Å². The van der Waals surface area contributed by atoms with Crippen LogP contribution in [0.2, 0.25) is 0 Å². The van der Waals surface area contributed by atoms with E-state index in [0.29, 0.717) is 12.1 Å². The van der Waals surface area contributed by atoms with Gasteiger partial charge in [-0.15, -0.1) is 0 Å². The molecule has 6 heteroatoms. The summed E-state index contributed by atoms with van der Waals surface area (Å²) >= 11 is 0. The maximum atomic E-state index is 12.5. The average molecular weight is 302 g/mol. The van der Waals surface area contributed by atoms with E-state index in [4.69, 9.17) is 4.74 Å². The molecule has 0 bridgehead atoms. The molecule has 1 saturated heterocycles. The first-order chi connectivity index (χ1) is 10.6. The van der Waals surface area contributed by atoms with Gasteiger partial charge in [0.25, 0.3) is 5.91 Å². The normalized spacial score (nSPS) is 18.3. The van der Waals surface area contributed by atoms with Gasteiger partial charge in [-0.2, -0.15) is 5.10 Å². The second-order valence-corrected chi connectivity index (χ2v) is 6.08. The van der Waals surface area contributed by atoms with Gasteiger partial charge in [-0.25, -0.2) is 9.67 Å². The standard InChI is InChI=1S/C16H22N4O2/c1-10(2)20-15-14(9-18-20)13(7-11(3)19-15)16(21)17-8-12-5-4-6-22-12/h7,9-10,12H,4-6,8H2,1-3H3,(H,17,21)/t12-/m0/s1. The second-order valence-electron chi connectivity index (χ2n) is 6.08. The molecule has 0 radical (unpaired) electrons. The van der Waals surface area contributed by atoms with E-state index in [0.717, 1.165) is 36.2 Å². The molecule has 1 aliphatic rings. The number of carbonyl (C=O) groups excluding carboxylic acids is 1. The number of aryl methyl sites for hydroxylation is 1. The predicted molar refractivity (Wildman–Crippen MR) is 84.0 cm³/mol. The second kappa shape index (κ2) is 6.04.